The third-order valence-electron chi connectivity index (χ3n) is 8.30. The molecule has 0 aliphatic heterocycles. The van der Waals surface area contributed by atoms with Gasteiger partial charge in [0.2, 0.25) is 0 Å². The first-order valence-electron chi connectivity index (χ1n) is 15.6. The molecule has 4 aromatic carbocycles. The highest BCUT2D eigenvalue weighted by Gasteiger charge is 2.32. The number of rotatable bonds is 10. The maximum absolute atomic E-state index is 15.3. The van der Waals surface area contributed by atoms with Gasteiger partial charge >= 0.3 is 12.7 Å². The second-order valence-electron chi connectivity index (χ2n) is 12.0. The van der Waals surface area contributed by atoms with Gasteiger partial charge in [0.1, 0.15) is 34.8 Å². The van der Waals surface area contributed by atoms with E-state index in [1.807, 2.05) is 0 Å². The van der Waals surface area contributed by atoms with Crippen LogP contribution >= 0.6 is 0 Å². The molecule has 0 bridgehead atoms. The highest BCUT2D eigenvalue weighted by Crippen LogP contribution is 2.40. The molecule has 0 saturated heterocycles. The molecule has 6 rings (SSSR count). The fourth-order valence-electron chi connectivity index (χ4n) is 6.08. The topological polar surface area (TPSA) is 52.6 Å². The maximum Gasteiger partial charge on any atom is 0.573 e. The predicted octanol–water partition coefficient (Wildman–Crippen LogP) is 10.9. The predicted molar refractivity (Wildman–Crippen MR) is 176 cm³/mol. The number of allylic oxidation sites excluding steroid dienone is 8. The van der Waals surface area contributed by atoms with Gasteiger partial charge in [-0.15, -0.1) is 26.3 Å². The summed E-state index contributed by atoms with van der Waals surface area (Å²) in [5.41, 5.74) is 0.780. The standard InChI is InChI=1S/C38H24F10O4S/c39-33-15-23(29-5-1-3-27(29)21-7-11-25(12-8-21)51-37(43,44)45)16-34(40)31(33)19-53(49,50)20-32-35(41)17-24(18-36(32)42)30-6-2-4-28(30)22-9-13-26(14-10-22)52-38(46,47)48/h3-18H,1-2,19-20H2. The van der Waals surface area contributed by atoms with Crippen molar-refractivity contribution in [2.75, 3.05) is 0 Å². The molecular formula is C38H24F10O4S. The Balaban J connectivity index is 1.17. The van der Waals surface area contributed by atoms with Gasteiger partial charge in [-0.2, -0.15) is 0 Å². The summed E-state index contributed by atoms with van der Waals surface area (Å²) < 4.78 is 171. The van der Waals surface area contributed by atoms with E-state index in [0.717, 1.165) is 48.5 Å². The summed E-state index contributed by atoms with van der Waals surface area (Å²) in [5, 5.41) is 0. The smallest absolute Gasteiger partial charge is 0.406 e. The minimum atomic E-state index is -4.90. The van der Waals surface area contributed by atoms with Gasteiger partial charge in [-0.1, -0.05) is 48.6 Å². The lowest BCUT2D eigenvalue weighted by atomic mass is 9.94. The fourth-order valence-corrected chi connectivity index (χ4v) is 7.61. The number of ether oxygens (including phenoxy) is 2. The van der Waals surface area contributed by atoms with Gasteiger partial charge in [-0.05, 0) is 106 Å². The first-order chi connectivity index (χ1) is 24.9. The Kier molecular flexibility index (Phi) is 10.1. The SMILES string of the molecule is O=S(=O)(Cc1c(F)cc(C2=CCC=C2c2ccc(OC(F)(F)F)cc2)cc1F)Cc1c(F)cc(C2=CCC=C2c2ccc(OC(F)(F)F)cc2)cc1F. The van der Waals surface area contributed by atoms with Crippen LogP contribution in [0.15, 0.2) is 97.1 Å². The maximum atomic E-state index is 15.3. The van der Waals surface area contributed by atoms with E-state index in [2.05, 4.69) is 9.47 Å². The Hall–Kier alpha value is -5.31. The van der Waals surface area contributed by atoms with Crippen molar-refractivity contribution in [2.24, 2.45) is 0 Å². The minimum absolute atomic E-state index is 0.0217. The Bertz CT molecular complexity index is 2100. The van der Waals surface area contributed by atoms with E-state index in [4.69, 9.17) is 0 Å². The van der Waals surface area contributed by atoms with Crippen LogP contribution in [0, 0.1) is 23.3 Å². The summed E-state index contributed by atoms with van der Waals surface area (Å²) >= 11 is 0. The van der Waals surface area contributed by atoms with Crippen LogP contribution in [0.25, 0.3) is 22.3 Å². The third kappa shape index (κ3) is 8.84. The van der Waals surface area contributed by atoms with Crippen LogP contribution in [0.5, 0.6) is 11.5 Å². The molecule has 4 aromatic rings. The third-order valence-corrected chi connectivity index (χ3v) is 9.76. The van der Waals surface area contributed by atoms with Gasteiger partial charge in [0.25, 0.3) is 0 Å². The molecule has 0 unspecified atom stereocenters. The Morgan fingerprint density at radius 3 is 1.04 bits per heavy atom. The second kappa shape index (κ2) is 14.3. The quantitative estimate of drug-likeness (QED) is 0.151. The molecular weight excluding hydrogens is 742 g/mol. The zero-order valence-electron chi connectivity index (χ0n) is 26.9. The largest absolute Gasteiger partial charge is 0.573 e. The van der Waals surface area contributed by atoms with E-state index in [1.54, 1.807) is 24.3 Å². The van der Waals surface area contributed by atoms with Crippen molar-refractivity contribution in [1.82, 2.24) is 0 Å². The van der Waals surface area contributed by atoms with Crippen molar-refractivity contribution in [3.05, 3.63) is 154 Å². The van der Waals surface area contributed by atoms with Gasteiger partial charge < -0.3 is 9.47 Å². The molecule has 0 saturated carbocycles. The number of hydrogen-bond donors (Lipinski definition) is 0. The van der Waals surface area contributed by atoms with Crippen LogP contribution in [0.3, 0.4) is 0 Å². The van der Waals surface area contributed by atoms with Crippen molar-refractivity contribution in [1.29, 1.82) is 0 Å². The molecule has 53 heavy (non-hydrogen) atoms. The summed E-state index contributed by atoms with van der Waals surface area (Å²) in [6, 6.07) is 13.3. The van der Waals surface area contributed by atoms with Crippen molar-refractivity contribution in [3.8, 4) is 11.5 Å². The minimum Gasteiger partial charge on any atom is -0.406 e. The first kappa shape index (κ1) is 37.4. The molecule has 0 spiro atoms. The van der Waals surface area contributed by atoms with E-state index in [0.29, 0.717) is 46.3 Å². The van der Waals surface area contributed by atoms with Gasteiger partial charge in [0, 0.05) is 11.1 Å². The monoisotopic (exact) mass is 766 g/mol. The van der Waals surface area contributed by atoms with Crippen molar-refractivity contribution < 1.29 is 61.8 Å². The fraction of sp³-hybridized carbons (Fsp3) is 0.158. The van der Waals surface area contributed by atoms with Crippen molar-refractivity contribution >= 4 is 32.1 Å². The van der Waals surface area contributed by atoms with Crippen LogP contribution in [0.2, 0.25) is 0 Å². The van der Waals surface area contributed by atoms with Crippen LogP contribution in [0.1, 0.15) is 46.2 Å². The average molecular weight is 767 g/mol. The lowest BCUT2D eigenvalue weighted by molar-refractivity contribution is -0.275. The number of benzene rings is 4. The van der Waals surface area contributed by atoms with E-state index in [-0.39, 0.29) is 11.1 Å². The lowest BCUT2D eigenvalue weighted by Crippen LogP contribution is -2.17. The molecule has 0 heterocycles. The molecule has 0 N–H and O–H groups in total. The number of hydrogen-bond acceptors (Lipinski definition) is 4. The van der Waals surface area contributed by atoms with Gasteiger partial charge in [-0.25, -0.2) is 26.0 Å². The second-order valence-corrected chi connectivity index (χ2v) is 14.0. The average Bonchev–Trinajstić information content (AvgIpc) is 3.75. The number of alkyl halides is 6. The molecule has 15 heteroatoms. The van der Waals surface area contributed by atoms with Gasteiger partial charge in [0.05, 0.1) is 11.5 Å². The van der Waals surface area contributed by atoms with Crippen molar-refractivity contribution in [3.63, 3.8) is 0 Å². The highest BCUT2D eigenvalue weighted by molar-refractivity contribution is 7.89. The molecule has 0 aromatic heterocycles. The molecule has 0 radical (unpaired) electrons. The Labute approximate surface area is 295 Å². The molecule has 276 valence electrons. The first-order valence-corrected chi connectivity index (χ1v) is 17.4. The van der Waals surface area contributed by atoms with Crippen LogP contribution < -0.4 is 9.47 Å². The normalized spacial score (nSPS) is 14.8. The number of halogens is 10. The van der Waals surface area contributed by atoms with Crippen LogP contribution in [-0.4, -0.2) is 21.1 Å². The van der Waals surface area contributed by atoms with E-state index in [1.165, 1.54) is 24.3 Å². The Morgan fingerprint density at radius 2 is 0.755 bits per heavy atom. The summed E-state index contributed by atoms with van der Waals surface area (Å²) in [5.74, 6) is -8.38. The summed E-state index contributed by atoms with van der Waals surface area (Å²) in [6.07, 6.45) is -2.50. The molecule has 2 aliphatic rings. The molecule has 0 fully saturated rings. The number of sulfone groups is 1. The van der Waals surface area contributed by atoms with Crippen LogP contribution in [-0.2, 0) is 21.3 Å². The molecule has 0 amide bonds. The summed E-state index contributed by atoms with van der Waals surface area (Å²) in [7, 11) is -4.58. The van der Waals surface area contributed by atoms with Crippen LogP contribution in [0.4, 0.5) is 43.9 Å². The van der Waals surface area contributed by atoms with Gasteiger partial charge in [-0.3, -0.25) is 0 Å². The highest BCUT2D eigenvalue weighted by atomic mass is 32.2. The zero-order valence-corrected chi connectivity index (χ0v) is 27.7. The van der Waals surface area contributed by atoms with E-state index in [9.17, 15) is 34.8 Å². The summed E-state index contributed by atoms with van der Waals surface area (Å²) in [4.78, 5) is 0. The van der Waals surface area contributed by atoms with E-state index < -0.39 is 80.0 Å². The summed E-state index contributed by atoms with van der Waals surface area (Å²) in [6.45, 7) is 0. The van der Waals surface area contributed by atoms with Crippen molar-refractivity contribution in [2.45, 2.75) is 37.1 Å². The zero-order chi connectivity index (χ0) is 38.3. The Morgan fingerprint density at radius 1 is 0.472 bits per heavy atom. The van der Waals surface area contributed by atoms with Gasteiger partial charge in [0.15, 0.2) is 9.84 Å². The van der Waals surface area contributed by atoms with E-state index >= 15 is 17.6 Å². The molecule has 4 nitrogen and oxygen atoms in total. The lowest BCUT2D eigenvalue weighted by Gasteiger charge is -2.15. The molecule has 0 atom stereocenters. The molecule has 2 aliphatic carbocycles.